The second-order valence-electron chi connectivity index (χ2n) is 4.29. The molecule has 3 nitrogen and oxygen atoms in total. The molecular formula is C11H14F6N2O. The van der Waals surface area contributed by atoms with Gasteiger partial charge in [0.2, 0.25) is 11.8 Å². The van der Waals surface area contributed by atoms with Gasteiger partial charge in [-0.15, -0.1) is 0 Å². The zero-order valence-electron chi connectivity index (χ0n) is 10.8. The number of nitrogens with one attached hydrogen (secondary N) is 1. The number of hydrogen-bond acceptors (Lipinski definition) is 3. The third-order valence-corrected chi connectivity index (χ3v) is 2.55. The van der Waals surface area contributed by atoms with Crippen molar-refractivity contribution in [2.24, 2.45) is 0 Å². The Morgan fingerprint density at radius 2 is 1.75 bits per heavy atom. The van der Waals surface area contributed by atoms with Crippen LogP contribution in [0.2, 0.25) is 0 Å². The number of hydrogen-bond donors (Lipinski definition) is 1. The highest BCUT2D eigenvalue weighted by Gasteiger charge is 2.59. The Labute approximate surface area is 111 Å². The van der Waals surface area contributed by atoms with Gasteiger partial charge < -0.3 is 9.73 Å². The minimum atomic E-state index is -5.48. The maximum atomic E-state index is 12.5. The molecule has 0 saturated heterocycles. The van der Waals surface area contributed by atoms with Gasteiger partial charge in [-0.1, -0.05) is 6.92 Å². The summed E-state index contributed by atoms with van der Waals surface area (Å²) in [5, 5.41) is 2.86. The second kappa shape index (κ2) is 6.02. The highest BCUT2D eigenvalue weighted by Crippen LogP contribution is 2.46. The normalized spacial score (nSPS) is 14.8. The molecule has 0 aliphatic rings. The van der Waals surface area contributed by atoms with Crippen LogP contribution < -0.4 is 5.32 Å². The summed E-state index contributed by atoms with van der Waals surface area (Å²) in [5.41, 5.74) is 0. The van der Waals surface area contributed by atoms with E-state index in [9.17, 15) is 26.3 Å². The molecule has 0 saturated carbocycles. The summed E-state index contributed by atoms with van der Waals surface area (Å²) in [5.74, 6) is -5.10. The van der Waals surface area contributed by atoms with Crippen LogP contribution in [0.15, 0.2) is 10.6 Å². The standard InChI is InChI=1S/C11H14F6N2O/c1-3-4-18-6(2)9-19-5-7(20-9)8(10(12,13)14)11(15,16)17/h5-6,8,18H,3-4H2,1-2H3. The summed E-state index contributed by atoms with van der Waals surface area (Å²) in [7, 11) is 0. The van der Waals surface area contributed by atoms with Gasteiger partial charge in [0.15, 0.2) is 0 Å². The number of rotatable bonds is 5. The van der Waals surface area contributed by atoms with E-state index >= 15 is 0 Å². The van der Waals surface area contributed by atoms with E-state index in [0.717, 1.165) is 6.42 Å². The molecule has 0 aliphatic heterocycles. The lowest BCUT2D eigenvalue weighted by atomic mass is 10.1. The highest BCUT2D eigenvalue weighted by molar-refractivity contribution is 5.09. The summed E-state index contributed by atoms with van der Waals surface area (Å²) in [6.07, 6.45) is -9.72. The number of nitrogens with zero attached hydrogens (tertiary/aromatic N) is 1. The zero-order chi connectivity index (χ0) is 15.6. The quantitative estimate of drug-likeness (QED) is 0.837. The van der Waals surface area contributed by atoms with E-state index in [2.05, 4.69) is 14.7 Å². The topological polar surface area (TPSA) is 38.1 Å². The Morgan fingerprint density at radius 3 is 2.20 bits per heavy atom. The molecule has 1 aromatic heterocycles. The molecule has 1 unspecified atom stereocenters. The van der Waals surface area contributed by atoms with Crippen LogP contribution in [-0.2, 0) is 0 Å². The molecule has 1 aromatic rings. The molecule has 0 fully saturated rings. The van der Waals surface area contributed by atoms with E-state index in [4.69, 9.17) is 0 Å². The van der Waals surface area contributed by atoms with Crippen molar-refractivity contribution in [1.29, 1.82) is 0 Å². The van der Waals surface area contributed by atoms with E-state index in [-0.39, 0.29) is 5.89 Å². The first-order valence-electron chi connectivity index (χ1n) is 5.89. The maximum Gasteiger partial charge on any atom is 0.407 e. The summed E-state index contributed by atoms with van der Waals surface area (Å²) in [6, 6.07) is -0.564. The number of oxazole rings is 1. The van der Waals surface area contributed by atoms with Crippen LogP contribution in [0.4, 0.5) is 26.3 Å². The number of halogens is 6. The van der Waals surface area contributed by atoms with E-state index in [1.807, 2.05) is 6.92 Å². The van der Waals surface area contributed by atoms with Crippen LogP contribution in [0.5, 0.6) is 0 Å². The largest absolute Gasteiger partial charge is 0.443 e. The maximum absolute atomic E-state index is 12.5. The first-order valence-corrected chi connectivity index (χ1v) is 5.89. The smallest absolute Gasteiger partial charge is 0.407 e. The predicted octanol–water partition coefficient (Wildman–Crippen LogP) is 3.94. The van der Waals surface area contributed by atoms with Gasteiger partial charge in [0.25, 0.3) is 0 Å². The van der Waals surface area contributed by atoms with Gasteiger partial charge in [-0.25, -0.2) is 4.98 Å². The zero-order valence-corrected chi connectivity index (χ0v) is 10.8. The minimum absolute atomic E-state index is 0.202. The lowest BCUT2D eigenvalue weighted by Crippen LogP contribution is -2.33. The Hall–Kier alpha value is -1.25. The van der Waals surface area contributed by atoms with Crippen LogP contribution in [-0.4, -0.2) is 23.9 Å². The van der Waals surface area contributed by atoms with Crippen molar-refractivity contribution in [3.8, 4) is 0 Å². The minimum Gasteiger partial charge on any atom is -0.443 e. The predicted molar refractivity (Wildman–Crippen MR) is 58.1 cm³/mol. The van der Waals surface area contributed by atoms with Gasteiger partial charge in [-0.3, -0.25) is 0 Å². The van der Waals surface area contributed by atoms with E-state index in [0.29, 0.717) is 12.7 Å². The molecule has 1 rings (SSSR count). The number of aromatic nitrogens is 1. The van der Waals surface area contributed by atoms with Crippen molar-refractivity contribution in [2.75, 3.05) is 6.54 Å². The average Bonchev–Trinajstić information content (AvgIpc) is 2.70. The van der Waals surface area contributed by atoms with E-state index < -0.39 is 30.1 Å². The van der Waals surface area contributed by atoms with Crippen molar-refractivity contribution >= 4 is 0 Å². The van der Waals surface area contributed by atoms with Gasteiger partial charge in [-0.05, 0) is 19.9 Å². The van der Waals surface area contributed by atoms with Crippen LogP contribution in [0.3, 0.4) is 0 Å². The first-order chi connectivity index (χ1) is 9.07. The molecule has 0 spiro atoms. The third-order valence-electron chi connectivity index (χ3n) is 2.55. The average molecular weight is 304 g/mol. The Morgan fingerprint density at radius 1 is 1.20 bits per heavy atom. The molecule has 0 aliphatic carbocycles. The fourth-order valence-electron chi connectivity index (χ4n) is 1.59. The van der Waals surface area contributed by atoms with Gasteiger partial charge in [0.05, 0.1) is 12.2 Å². The van der Waals surface area contributed by atoms with Crippen LogP contribution >= 0.6 is 0 Å². The van der Waals surface area contributed by atoms with Crippen molar-refractivity contribution in [1.82, 2.24) is 10.3 Å². The molecule has 1 atom stereocenters. The molecule has 0 bridgehead atoms. The van der Waals surface area contributed by atoms with Crippen LogP contribution in [0, 0.1) is 0 Å². The molecule has 20 heavy (non-hydrogen) atoms. The summed E-state index contributed by atoms with van der Waals surface area (Å²) in [4.78, 5) is 3.49. The van der Waals surface area contributed by atoms with Gasteiger partial charge in [0.1, 0.15) is 5.76 Å². The van der Waals surface area contributed by atoms with Crippen LogP contribution in [0.25, 0.3) is 0 Å². The Balaban J connectivity index is 2.98. The van der Waals surface area contributed by atoms with E-state index in [1.165, 1.54) is 0 Å². The van der Waals surface area contributed by atoms with Crippen molar-refractivity contribution in [3.63, 3.8) is 0 Å². The van der Waals surface area contributed by atoms with Gasteiger partial charge >= 0.3 is 12.4 Å². The summed E-state index contributed by atoms with van der Waals surface area (Å²) >= 11 is 0. The SMILES string of the molecule is CCCNC(C)c1ncc(C(C(F)(F)F)C(F)(F)F)o1. The summed E-state index contributed by atoms with van der Waals surface area (Å²) in [6.45, 7) is 3.95. The monoisotopic (exact) mass is 304 g/mol. The Bertz CT molecular complexity index is 411. The fraction of sp³-hybridized carbons (Fsp3) is 0.727. The van der Waals surface area contributed by atoms with E-state index in [1.54, 1.807) is 6.92 Å². The second-order valence-corrected chi connectivity index (χ2v) is 4.29. The lowest BCUT2D eigenvalue weighted by Gasteiger charge is -2.20. The van der Waals surface area contributed by atoms with Gasteiger partial charge in [0, 0.05) is 0 Å². The molecule has 9 heteroatoms. The third kappa shape index (κ3) is 4.12. The Kier molecular flexibility index (Phi) is 5.06. The van der Waals surface area contributed by atoms with Crippen molar-refractivity contribution in [2.45, 2.75) is 44.6 Å². The lowest BCUT2D eigenvalue weighted by molar-refractivity contribution is -0.257. The highest BCUT2D eigenvalue weighted by atomic mass is 19.4. The summed E-state index contributed by atoms with van der Waals surface area (Å²) < 4.78 is 79.6. The van der Waals surface area contributed by atoms with Crippen molar-refractivity contribution in [3.05, 3.63) is 17.8 Å². The molecule has 116 valence electrons. The molecule has 1 N–H and O–H groups in total. The first kappa shape index (κ1) is 16.8. The van der Waals surface area contributed by atoms with Crippen molar-refractivity contribution < 1.29 is 30.8 Å². The number of alkyl halides is 6. The molecule has 0 amide bonds. The fourth-order valence-corrected chi connectivity index (χ4v) is 1.59. The van der Waals surface area contributed by atoms with Crippen LogP contribution in [0.1, 0.15) is 43.9 Å². The molecule has 0 aromatic carbocycles. The molecule has 1 heterocycles. The molecule has 0 radical (unpaired) electrons. The molecular weight excluding hydrogens is 290 g/mol. The van der Waals surface area contributed by atoms with Gasteiger partial charge in [-0.2, -0.15) is 26.3 Å².